The fraction of sp³-hybridized carbons (Fsp3) is 0.179. The molecule has 0 amide bonds. The van der Waals surface area contributed by atoms with Gasteiger partial charge in [0.1, 0.15) is 5.75 Å². The molecule has 6 rings (SSSR count). The third-order valence-electron chi connectivity index (χ3n) is 6.58. The second-order valence-electron chi connectivity index (χ2n) is 8.84. The van der Waals surface area contributed by atoms with Crippen LogP contribution in [0.15, 0.2) is 86.8 Å². The third-order valence-corrected chi connectivity index (χ3v) is 7.63. The summed E-state index contributed by atoms with van der Waals surface area (Å²) in [6.07, 6.45) is 0.553. The maximum Gasteiger partial charge on any atom is 0.214 e. The molecular formula is C28H22Br2N2O. The number of hydrazone groups is 1. The number of fused-ring (bicyclic) bond motifs is 4. The van der Waals surface area contributed by atoms with E-state index in [0.29, 0.717) is 0 Å². The predicted octanol–water partition coefficient (Wildman–Crippen LogP) is 8.22. The van der Waals surface area contributed by atoms with Gasteiger partial charge in [0.05, 0.1) is 16.2 Å². The number of rotatable bonds is 2. The van der Waals surface area contributed by atoms with Crippen molar-refractivity contribution < 1.29 is 4.74 Å². The largest absolute Gasteiger partial charge is 0.463 e. The molecule has 2 heterocycles. The molecule has 2 aliphatic rings. The van der Waals surface area contributed by atoms with Gasteiger partial charge in [-0.2, -0.15) is 5.10 Å². The summed E-state index contributed by atoms with van der Waals surface area (Å²) >= 11 is 7.40. The van der Waals surface area contributed by atoms with Crippen molar-refractivity contribution in [3.8, 4) is 5.75 Å². The zero-order valence-electron chi connectivity index (χ0n) is 18.3. The van der Waals surface area contributed by atoms with Crippen molar-refractivity contribution in [3.63, 3.8) is 0 Å². The molecule has 0 aliphatic carbocycles. The fourth-order valence-electron chi connectivity index (χ4n) is 4.97. The van der Waals surface area contributed by atoms with Gasteiger partial charge in [-0.1, -0.05) is 76.1 Å². The minimum atomic E-state index is -0.279. The molecule has 2 atom stereocenters. The van der Waals surface area contributed by atoms with Crippen LogP contribution < -0.4 is 4.74 Å². The Hall–Kier alpha value is -2.63. The molecular weight excluding hydrogens is 540 g/mol. The van der Waals surface area contributed by atoms with Crippen LogP contribution in [0.5, 0.6) is 5.75 Å². The molecule has 0 saturated carbocycles. The van der Waals surface area contributed by atoms with Crippen molar-refractivity contribution in [1.82, 2.24) is 5.01 Å². The second-order valence-corrected chi connectivity index (χ2v) is 10.6. The molecule has 0 bridgehead atoms. The highest BCUT2D eigenvalue weighted by molar-refractivity contribution is 9.11. The van der Waals surface area contributed by atoms with Crippen LogP contribution in [0.4, 0.5) is 0 Å². The number of ether oxygens (including phenoxy) is 1. The Balaban J connectivity index is 1.49. The topological polar surface area (TPSA) is 24.8 Å². The van der Waals surface area contributed by atoms with Gasteiger partial charge in [0.15, 0.2) is 0 Å². The molecule has 2 aliphatic heterocycles. The molecule has 4 aromatic rings. The number of benzene rings is 4. The first-order valence-electron chi connectivity index (χ1n) is 11.1. The molecule has 33 heavy (non-hydrogen) atoms. The summed E-state index contributed by atoms with van der Waals surface area (Å²) in [5, 5.41) is 9.79. The maximum atomic E-state index is 6.64. The lowest BCUT2D eigenvalue weighted by atomic mass is 9.94. The van der Waals surface area contributed by atoms with Crippen molar-refractivity contribution in [3.05, 3.63) is 110 Å². The van der Waals surface area contributed by atoms with Crippen molar-refractivity contribution in [2.24, 2.45) is 5.10 Å². The summed E-state index contributed by atoms with van der Waals surface area (Å²) in [5.41, 5.74) is 7.01. The number of halogens is 2. The lowest BCUT2D eigenvalue weighted by Gasteiger charge is -2.39. The van der Waals surface area contributed by atoms with E-state index in [4.69, 9.17) is 9.84 Å². The zero-order chi connectivity index (χ0) is 22.7. The van der Waals surface area contributed by atoms with Gasteiger partial charge in [0.2, 0.25) is 6.23 Å². The smallest absolute Gasteiger partial charge is 0.214 e. The Kier molecular flexibility index (Phi) is 5.07. The van der Waals surface area contributed by atoms with Gasteiger partial charge in [0.25, 0.3) is 0 Å². The van der Waals surface area contributed by atoms with E-state index in [2.05, 4.69) is 117 Å². The summed E-state index contributed by atoms with van der Waals surface area (Å²) in [4.78, 5) is 0. The van der Waals surface area contributed by atoms with E-state index in [1.165, 1.54) is 21.9 Å². The van der Waals surface area contributed by atoms with Crippen LogP contribution in [0.25, 0.3) is 10.8 Å². The lowest BCUT2D eigenvalue weighted by Crippen LogP contribution is -2.34. The van der Waals surface area contributed by atoms with E-state index in [0.717, 1.165) is 43.5 Å². The molecule has 0 saturated heterocycles. The number of hydrogen-bond donors (Lipinski definition) is 0. The predicted molar refractivity (Wildman–Crippen MR) is 141 cm³/mol. The summed E-state index contributed by atoms with van der Waals surface area (Å²) in [6, 6.07) is 25.9. The quantitative estimate of drug-likeness (QED) is 0.246. The molecule has 5 heteroatoms. The lowest BCUT2D eigenvalue weighted by molar-refractivity contribution is -0.0201. The third kappa shape index (κ3) is 3.58. The fourth-order valence-corrected chi connectivity index (χ4v) is 6.32. The van der Waals surface area contributed by atoms with Crippen LogP contribution in [0.3, 0.4) is 0 Å². The van der Waals surface area contributed by atoms with Gasteiger partial charge in [0, 0.05) is 22.0 Å². The van der Waals surface area contributed by atoms with Gasteiger partial charge >= 0.3 is 0 Å². The minimum Gasteiger partial charge on any atom is -0.463 e. The Morgan fingerprint density at radius 1 is 0.879 bits per heavy atom. The first kappa shape index (κ1) is 20.9. The first-order valence-corrected chi connectivity index (χ1v) is 12.6. The number of hydrogen-bond acceptors (Lipinski definition) is 3. The molecule has 0 spiro atoms. The molecule has 164 valence electrons. The van der Waals surface area contributed by atoms with E-state index in [1.54, 1.807) is 0 Å². The molecule has 0 aromatic heterocycles. The summed E-state index contributed by atoms with van der Waals surface area (Å²) in [7, 11) is 0. The summed E-state index contributed by atoms with van der Waals surface area (Å²) in [6.45, 7) is 4.27. The van der Waals surface area contributed by atoms with E-state index < -0.39 is 0 Å². The molecule has 4 aromatic carbocycles. The van der Waals surface area contributed by atoms with Crippen LogP contribution in [0.1, 0.15) is 46.5 Å². The Morgan fingerprint density at radius 2 is 1.70 bits per heavy atom. The Labute approximate surface area is 210 Å². The minimum absolute atomic E-state index is 0.106. The van der Waals surface area contributed by atoms with Crippen LogP contribution in [-0.4, -0.2) is 10.7 Å². The first-order chi connectivity index (χ1) is 16.0. The average molecular weight is 562 g/mol. The van der Waals surface area contributed by atoms with Crippen LogP contribution in [-0.2, 0) is 0 Å². The van der Waals surface area contributed by atoms with Gasteiger partial charge < -0.3 is 4.74 Å². The highest BCUT2D eigenvalue weighted by Crippen LogP contribution is 2.51. The molecule has 0 unspecified atom stereocenters. The maximum absolute atomic E-state index is 6.64. The van der Waals surface area contributed by atoms with E-state index in [1.807, 2.05) is 6.07 Å². The van der Waals surface area contributed by atoms with Crippen molar-refractivity contribution in [1.29, 1.82) is 0 Å². The molecule has 0 fully saturated rings. The SMILES string of the molecule is Cc1ccc([C@@H]2Oc3c(Br)cc(Br)cc3[C@@H]3CC(c4ccc5ccccc5c4)=NN32)c(C)c1. The van der Waals surface area contributed by atoms with Gasteiger partial charge in [-0.15, -0.1) is 0 Å². The summed E-state index contributed by atoms with van der Waals surface area (Å²) < 4.78 is 8.63. The zero-order valence-corrected chi connectivity index (χ0v) is 21.5. The van der Waals surface area contributed by atoms with Crippen molar-refractivity contribution >= 4 is 48.3 Å². The number of aryl methyl sites for hydroxylation is 2. The Morgan fingerprint density at radius 3 is 2.52 bits per heavy atom. The second kappa shape index (κ2) is 8.00. The van der Waals surface area contributed by atoms with Gasteiger partial charge in [-0.05, 0) is 69.9 Å². The molecule has 0 radical (unpaired) electrons. The van der Waals surface area contributed by atoms with E-state index in [9.17, 15) is 0 Å². The van der Waals surface area contributed by atoms with E-state index >= 15 is 0 Å². The van der Waals surface area contributed by atoms with E-state index in [-0.39, 0.29) is 12.3 Å². The highest BCUT2D eigenvalue weighted by Gasteiger charge is 2.42. The van der Waals surface area contributed by atoms with Crippen LogP contribution >= 0.6 is 31.9 Å². The molecule has 0 N–H and O–H groups in total. The van der Waals surface area contributed by atoms with Crippen molar-refractivity contribution in [2.45, 2.75) is 32.5 Å². The normalized spacial score (nSPS) is 19.2. The van der Waals surface area contributed by atoms with Crippen LogP contribution in [0, 0.1) is 13.8 Å². The Bertz CT molecular complexity index is 1450. The standard InChI is InChI=1S/C28H22Br2N2O/c1-16-7-10-22(17(2)11-16)28-32-26(23-13-21(29)14-24(30)27(23)33-28)15-25(31-32)20-9-8-18-5-3-4-6-19(18)12-20/h3-14,26,28H,15H2,1-2H3/t26-,28-/m0/s1. The summed E-state index contributed by atoms with van der Waals surface area (Å²) in [5.74, 6) is 0.902. The average Bonchev–Trinajstić information content (AvgIpc) is 3.25. The monoisotopic (exact) mass is 560 g/mol. The van der Waals surface area contributed by atoms with Gasteiger partial charge in [-0.3, -0.25) is 0 Å². The van der Waals surface area contributed by atoms with Crippen molar-refractivity contribution in [2.75, 3.05) is 0 Å². The van der Waals surface area contributed by atoms with Crippen LogP contribution in [0.2, 0.25) is 0 Å². The van der Waals surface area contributed by atoms with Gasteiger partial charge in [-0.25, -0.2) is 5.01 Å². The highest BCUT2D eigenvalue weighted by atomic mass is 79.9. The number of nitrogens with zero attached hydrogens (tertiary/aromatic N) is 2. The molecule has 3 nitrogen and oxygen atoms in total.